The Kier molecular flexibility index (Phi) is 1.57. The molecule has 0 fully saturated rings. The molecule has 0 saturated carbocycles. The number of hydrogen-bond donors (Lipinski definition) is 0. The highest BCUT2D eigenvalue weighted by atomic mass is 16.6. The maximum absolute atomic E-state index is 4.87. The molecule has 0 spiro atoms. The molecule has 0 N–H and O–H groups in total. The van der Waals surface area contributed by atoms with Crippen LogP contribution in [0, 0.1) is 6.92 Å². The molecule has 0 aliphatic heterocycles. The summed E-state index contributed by atoms with van der Waals surface area (Å²) in [6, 6.07) is 3.51. The Morgan fingerprint density at radius 2 is 2.62 bits per heavy atom. The number of rotatable bonds is 2. The van der Waals surface area contributed by atoms with Crippen LogP contribution >= 0.6 is 0 Å². The average Bonchev–Trinajstić information content (AvgIpc) is 2.19. The first kappa shape index (κ1) is 5.22. The summed E-state index contributed by atoms with van der Waals surface area (Å²) in [5, 5.41) is 0. The molecule has 0 aliphatic carbocycles. The lowest BCUT2D eigenvalue weighted by molar-refractivity contribution is 0.271. The minimum Gasteiger partial charge on any atom is -0.465 e. The standard InChI is InChI=1S/C6H7O2/c1-2-7-6-4-3-5-8-6/h3-5H,1-2H2. The number of ether oxygens (including phenoxy) is 1. The SMILES string of the molecule is [CH2]COc1ccco1. The summed E-state index contributed by atoms with van der Waals surface area (Å²) in [5.74, 6) is 0.528. The topological polar surface area (TPSA) is 22.4 Å². The molecule has 1 rings (SSSR count). The zero-order valence-electron chi connectivity index (χ0n) is 4.46. The van der Waals surface area contributed by atoms with Crippen molar-refractivity contribution in [3.05, 3.63) is 25.3 Å². The van der Waals surface area contributed by atoms with Crippen LogP contribution < -0.4 is 4.74 Å². The number of hydrogen-bond acceptors (Lipinski definition) is 2. The van der Waals surface area contributed by atoms with Crippen LogP contribution in [-0.4, -0.2) is 6.61 Å². The lowest BCUT2D eigenvalue weighted by Crippen LogP contribution is -1.88. The third-order valence-corrected chi connectivity index (χ3v) is 0.739. The largest absolute Gasteiger partial charge is 0.465 e. The monoisotopic (exact) mass is 111 g/mol. The van der Waals surface area contributed by atoms with Gasteiger partial charge in [-0.2, -0.15) is 0 Å². The Morgan fingerprint density at radius 1 is 1.75 bits per heavy atom. The fourth-order valence-electron chi connectivity index (χ4n) is 0.446. The lowest BCUT2D eigenvalue weighted by atomic mass is 10.6. The van der Waals surface area contributed by atoms with E-state index in [1.54, 1.807) is 18.4 Å². The van der Waals surface area contributed by atoms with E-state index in [-0.39, 0.29) is 0 Å². The van der Waals surface area contributed by atoms with Crippen molar-refractivity contribution in [2.75, 3.05) is 6.61 Å². The third kappa shape index (κ3) is 1.03. The first-order valence-corrected chi connectivity index (χ1v) is 2.39. The van der Waals surface area contributed by atoms with Crippen molar-refractivity contribution < 1.29 is 9.15 Å². The minimum absolute atomic E-state index is 0.410. The second-order valence-electron chi connectivity index (χ2n) is 1.28. The van der Waals surface area contributed by atoms with Crippen molar-refractivity contribution in [2.45, 2.75) is 0 Å². The van der Waals surface area contributed by atoms with E-state index in [2.05, 4.69) is 6.92 Å². The first-order chi connectivity index (χ1) is 3.93. The van der Waals surface area contributed by atoms with E-state index in [9.17, 15) is 0 Å². The minimum atomic E-state index is 0.410. The molecule has 0 atom stereocenters. The van der Waals surface area contributed by atoms with Crippen molar-refractivity contribution in [3.8, 4) is 5.95 Å². The zero-order chi connectivity index (χ0) is 5.82. The molecule has 1 heterocycles. The van der Waals surface area contributed by atoms with Crippen molar-refractivity contribution in [3.63, 3.8) is 0 Å². The maximum atomic E-state index is 4.87. The predicted octanol–water partition coefficient (Wildman–Crippen LogP) is 1.49. The Balaban J connectivity index is 2.50. The van der Waals surface area contributed by atoms with Crippen molar-refractivity contribution in [2.24, 2.45) is 0 Å². The van der Waals surface area contributed by atoms with Gasteiger partial charge in [0, 0.05) is 6.07 Å². The summed E-state index contributed by atoms with van der Waals surface area (Å²) < 4.78 is 9.68. The third-order valence-electron chi connectivity index (χ3n) is 0.739. The summed E-state index contributed by atoms with van der Waals surface area (Å²) in [4.78, 5) is 0. The Bertz CT molecular complexity index is 132. The number of furan rings is 1. The van der Waals surface area contributed by atoms with Crippen molar-refractivity contribution in [1.82, 2.24) is 0 Å². The van der Waals surface area contributed by atoms with E-state index in [4.69, 9.17) is 9.15 Å². The van der Waals surface area contributed by atoms with E-state index >= 15 is 0 Å². The van der Waals surface area contributed by atoms with Crippen LogP contribution in [0.3, 0.4) is 0 Å². The van der Waals surface area contributed by atoms with E-state index in [1.807, 2.05) is 0 Å². The van der Waals surface area contributed by atoms with Gasteiger partial charge in [-0.15, -0.1) is 0 Å². The van der Waals surface area contributed by atoms with Crippen LogP contribution in [0.2, 0.25) is 0 Å². The van der Waals surface area contributed by atoms with Gasteiger partial charge in [0.2, 0.25) is 0 Å². The Morgan fingerprint density at radius 3 is 3.12 bits per heavy atom. The van der Waals surface area contributed by atoms with Crippen LogP contribution in [0.25, 0.3) is 0 Å². The van der Waals surface area contributed by atoms with Crippen LogP contribution in [0.4, 0.5) is 0 Å². The fraction of sp³-hybridized carbons (Fsp3) is 0.167. The van der Waals surface area contributed by atoms with Crippen molar-refractivity contribution in [1.29, 1.82) is 0 Å². The highest BCUT2D eigenvalue weighted by Gasteiger charge is 1.88. The molecule has 0 unspecified atom stereocenters. The fourth-order valence-corrected chi connectivity index (χ4v) is 0.446. The molecule has 0 aromatic carbocycles. The molecule has 0 saturated heterocycles. The smallest absolute Gasteiger partial charge is 0.284 e. The van der Waals surface area contributed by atoms with Gasteiger partial charge in [0.1, 0.15) is 0 Å². The van der Waals surface area contributed by atoms with Gasteiger partial charge in [-0.3, -0.25) is 0 Å². The molecular formula is C6H7O2. The molecular weight excluding hydrogens is 104 g/mol. The molecule has 1 aromatic rings. The van der Waals surface area contributed by atoms with Gasteiger partial charge in [-0.25, -0.2) is 0 Å². The second kappa shape index (κ2) is 2.40. The van der Waals surface area contributed by atoms with Crippen LogP contribution in [0.15, 0.2) is 22.8 Å². The van der Waals surface area contributed by atoms with E-state index in [0.29, 0.717) is 12.6 Å². The molecule has 43 valence electrons. The molecule has 0 bridgehead atoms. The summed E-state index contributed by atoms with van der Waals surface area (Å²) in [6.45, 7) is 3.89. The van der Waals surface area contributed by atoms with Crippen LogP contribution in [0.1, 0.15) is 0 Å². The van der Waals surface area contributed by atoms with E-state index in [1.165, 1.54) is 0 Å². The molecule has 8 heavy (non-hydrogen) atoms. The molecule has 2 heteroatoms. The predicted molar refractivity (Wildman–Crippen MR) is 29.6 cm³/mol. The van der Waals surface area contributed by atoms with Gasteiger partial charge in [-0.1, -0.05) is 0 Å². The summed E-state index contributed by atoms with van der Waals surface area (Å²) in [6.07, 6.45) is 1.56. The highest BCUT2D eigenvalue weighted by Crippen LogP contribution is 2.08. The van der Waals surface area contributed by atoms with Gasteiger partial charge in [0.15, 0.2) is 0 Å². The highest BCUT2D eigenvalue weighted by molar-refractivity contribution is 5.03. The van der Waals surface area contributed by atoms with E-state index in [0.717, 1.165) is 0 Å². The summed E-state index contributed by atoms with van der Waals surface area (Å²) >= 11 is 0. The quantitative estimate of drug-likeness (QED) is 0.577. The molecule has 2 nitrogen and oxygen atoms in total. The van der Waals surface area contributed by atoms with Gasteiger partial charge in [-0.05, 0) is 13.0 Å². The summed E-state index contributed by atoms with van der Waals surface area (Å²) in [5.41, 5.74) is 0. The zero-order valence-corrected chi connectivity index (χ0v) is 4.46. The van der Waals surface area contributed by atoms with E-state index < -0.39 is 0 Å². The lowest BCUT2D eigenvalue weighted by Gasteiger charge is -1.92. The maximum Gasteiger partial charge on any atom is 0.284 e. The van der Waals surface area contributed by atoms with Crippen LogP contribution in [-0.2, 0) is 0 Å². The normalized spacial score (nSPS) is 9.12. The van der Waals surface area contributed by atoms with Crippen LogP contribution in [0.5, 0.6) is 5.95 Å². The van der Waals surface area contributed by atoms with Gasteiger partial charge in [0.05, 0.1) is 12.9 Å². The Hall–Kier alpha value is -0.920. The Labute approximate surface area is 48.1 Å². The molecule has 1 aromatic heterocycles. The van der Waals surface area contributed by atoms with Gasteiger partial charge < -0.3 is 9.15 Å². The molecule has 0 amide bonds. The van der Waals surface area contributed by atoms with Gasteiger partial charge in [0.25, 0.3) is 5.95 Å². The first-order valence-electron chi connectivity index (χ1n) is 2.39. The second-order valence-corrected chi connectivity index (χ2v) is 1.28. The summed E-state index contributed by atoms with van der Waals surface area (Å²) in [7, 11) is 0. The molecule has 0 aliphatic rings. The van der Waals surface area contributed by atoms with Crippen molar-refractivity contribution >= 4 is 0 Å². The van der Waals surface area contributed by atoms with Gasteiger partial charge >= 0.3 is 0 Å². The average molecular weight is 111 g/mol. The molecule has 1 radical (unpaired) electrons.